The normalized spacial score (nSPS) is 41.7. The molecule has 0 saturated carbocycles. The van der Waals surface area contributed by atoms with Gasteiger partial charge >= 0.3 is 5.97 Å². The van der Waals surface area contributed by atoms with Crippen molar-refractivity contribution in [2.24, 2.45) is 11.8 Å². The molecule has 0 spiro atoms. The summed E-state index contributed by atoms with van der Waals surface area (Å²) in [6.45, 7) is 5.46. The lowest BCUT2D eigenvalue weighted by molar-refractivity contribution is -0.150. The second-order valence-corrected chi connectivity index (χ2v) is 5.96. The first-order valence-corrected chi connectivity index (χ1v) is 6.73. The van der Waals surface area contributed by atoms with E-state index in [1.165, 1.54) is 6.08 Å². The zero-order chi connectivity index (χ0) is 13.9. The van der Waals surface area contributed by atoms with E-state index in [2.05, 4.69) is 0 Å². The summed E-state index contributed by atoms with van der Waals surface area (Å²) >= 11 is 0. The van der Waals surface area contributed by atoms with Gasteiger partial charge in [0.15, 0.2) is 11.4 Å². The second kappa shape index (κ2) is 3.79. The number of hydrogen-bond acceptors (Lipinski definition) is 4. The van der Waals surface area contributed by atoms with Crippen LogP contribution in [-0.4, -0.2) is 28.6 Å². The molecular weight excluding hydrogens is 244 g/mol. The fraction of sp³-hybridized carbons (Fsp3) is 0.600. The van der Waals surface area contributed by atoms with Crippen molar-refractivity contribution >= 4 is 11.8 Å². The second-order valence-electron chi connectivity index (χ2n) is 5.96. The molecule has 4 atom stereocenters. The Hall–Kier alpha value is -1.42. The van der Waals surface area contributed by atoms with E-state index in [0.29, 0.717) is 11.1 Å². The van der Waals surface area contributed by atoms with Crippen LogP contribution in [0, 0.1) is 11.8 Å². The molecule has 0 aromatic heterocycles. The van der Waals surface area contributed by atoms with Crippen molar-refractivity contribution in [1.82, 2.24) is 0 Å². The Balaban J connectivity index is 2.17. The van der Waals surface area contributed by atoms with E-state index in [-0.39, 0.29) is 23.6 Å². The van der Waals surface area contributed by atoms with Gasteiger partial charge in [-0.25, -0.2) is 0 Å². The number of esters is 1. The van der Waals surface area contributed by atoms with Crippen molar-refractivity contribution in [3.63, 3.8) is 0 Å². The summed E-state index contributed by atoms with van der Waals surface area (Å²) in [6.07, 6.45) is 2.35. The number of hydrogen-bond donors (Lipinski definition) is 1. The molecule has 3 rings (SSSR count). The third kappa shape index (κ3) is 1.43. The molecule has 3 aliphatic rings. The number of allylic oxidation sites excluding steroid dienone is 2. The van der Waals surface area contributed by atoms with Gasteiger partial charge in [0.05, 0.1) is 5.92 Å². The minimum atomic E-state index is -1.41. The lowest BCUT2D eigenvalue weighted by atomic mass is 9.77. The summed E-state index contributed by atoms with van der Waals surface area (Å²) in [7, 11) is 0. The molecule has 1 aliphatic heterocycles. The van der Waals surface area contributed by atoms with Gasteiger partial charge < -0.3 is 9.84 Å². The fourth-order valence-corrected chi connectivity index (χ4v) is 3.73. The highest BCUT2D eigenvalue weighted by Gasteiger charge is 2.59. The maximum Gasteiger partial charge on any atom is 0.309 e. The summed E-state index contributed by atoms with van der Waals surface area (Å²) in [6, 6.07) is 0. The van der Waals surface area contributed by atoms with Crippen molar-refractivity contribution in [3.8, 4) is 0 Å². The molecule has 1 heterocycles. The van der Waals surface area contributed by atoms with Crippen LogP contribution in [0.1, 0.15) is 33.6 Å². The van der Waals surface area contributed by atoms with Gasteiger partial charge in [-0.05, 0) is 38.3 Å². The van der Waals surface area contributed by atoms with Crippen LogP contribution in [0.2, 0.25) is 0 Å². The Morgan fingerprint density at radius 3 is 2.74 bits per heavy atom. The van der Waals surface area contributed by atoms with Crippen LogP contribution < -0.4 is 0 Å². The molecule has 4 nitrogen and oxygen atoms in total. The van der Waals surface area contributed by atoms with Crippen molar-refractivity contribution in [3.05, 3.63) is 22.8 Å². The van der Waals surface area contributed by atoms with Gasteiger partial charge in [-0.15, -0.1) is 0 Å². The maximum absolute atomic E-state index is 12.1. The van der Waals surface area contributed by atoms with Gasteiger partial charge in [0.1, 0.15) is 6.10 Å². The molecule has 0 bridgehead atoms. The summed E-state index contributed by atoms with van der Waals surface area (Å²) in [4.78, 5) is 23.9. The Kier molecular flexibility index (Phi) is 2.52. The van der Waals surface area contributed by atoms with E-state index < -0.39 is 11.7 Å². The van der Waals surface area contributed by atoms with Crippen LogP contribution in [-0.2, 0) is 14.3 Å². The third-order valence-corrected chi connectivity index (χ3v) is 4.91. The van der Waals surface area contributed by atoms with E-state index in [1.807, 2.05) is 13.8 Å². The predicted octanol–water partition coefficient (Wildman–Crippen LogP) is 1.53. The van der Waals surface area contributed by atoms with Crippen LogP contribution in [0.4, 0.5) is 0 Å². The highest BCUT2D eigenvalue weighted by molar-refractivity contribution is 6.11. The van der Waals surface area contributed by atoms with E-state index in [4.69, 9.17) is 4.74 Å². The van der Waals surface area contributed by atoms with Crippen molar-refractivity contribution < 1.29 is 19.4 Å². The molecule has 2 aliphatic carbocycles. The van der Waals surface area contributed by atoms with Crippen molar-refractivity contribution in [2.75, 3.05) is 0 Å². The lowest BCUT2D eigenvalue weighted by Gasteiger charge is -2.33. The van der Waals surface area contributed by atoms with Crippen molar-refractivity contribution in [2.45, 2.75) is 45.3 Å². The number of carbonyl (C=O) groups is 2. The van der Waals surface area contributed by atoms with Crippen LogP contribution in [0.3, 0.4) is 0 Å². The van der Waals surface area contributed by atoms with Crippen molar-refractivity contribution in [1.29, 1.82) is 0 Å². The minimum Gasteiger partial charge on any atom is -0.458 e. The van der Waals surface area contributed by atoms with E-state index in [9.17, 15) is 14.7 Å². The number of ketones is 1. The van der Waals surface area contributed by atoms with Gasteiger partial charge in [-0.1, -0.05) is 12.5 Å². The number of rotatable bonds is 0. The fourth-order valence-electron chi connectivity index (χ4n) is 3.73. The molecule has 0 unspecified atom stereocenters. The highest BCUT2D eigenvalue weighted by Crippen LogP contribution is 2.50. The van der Waals surface area contributed by atoms with Gasteiger partial charge in [0.2, 0.25) is 0 Å². The monoisotopic (exact) mass is 262 g/mol. The summed E-state index contributed by atoms with van der Waals surface area (Å²) in [5.74, 6) is -0.660. The highest BCUT2D eigenvalue weighted by atomic mass is 16.6. The first-order chi connectivity index (χ1) is 8.87. The number of carbonyl (C=O) groups excluding carboxylic acids is 2. The van der Waals surface area contributed by atoms with Crippen LogP contribution >= 0.6 is 0 Å². The summed E-state index contributed by atoms with van der Waals surface area (Å²) in [5, 5.41) is 11.1. The lowest BCUT2D eigenvalue weighted by Crippen LogP contribution is -2.47. The molecule has 1 saturated heterocycles. The molecule has 0 amide bonds. The van der Waals surface area contributed by atoms with E-state index in [0.717, 1.165) is 18.4 Å². The largest absolute Gasteiger partial charge is 0.458 e. The topological polar surface area (TPSA) is 63.6 Å². The Morgan fingerprint density at radius 2 is 2.05 bits per heavy atom. The molecule has 0 aromatic rings. The standard InChI is InChI=1S/C15H18O4/c1-7-4-5-10-9(3)14(17)19-13(10)15(18)8(2)6-11(16)12(7)15/h6,9-10,13,18H,4-5H2,1-3H3/t9-,10-,13+,15+/m0/s1. The minimum absolute atomic E-state index is 0.0285. The zero-order valence-electron chi connectivity index (χ0n) is 11.4. The van der Waals surface area contributed by atoms with Crippen LogP contribution in [0.5, 0.6) is 0 Å². The Bertz CT molecular complexity index is 542. The number of fused-ring (bicyclic) bond motifs is 3. The molecule has 102 valence electrons. The molecule has 19 heavy (non-hydrogen) atoms. The quantitative estimate of drug-likeness (QED) is 0.672. The smallest absolute Gasteiger partial charge is 0.309 e. The summed E-state index contributed by atoms with van der Waals surface area (Å²) in [5.41, 5.74) is 0.520. The predicted molar refractivity (Wildman–Crippen MR) is 68.2 cm³/mol. The van der Waals surface area contributed by atoms with Crippen LogP contribution in [0.25, 0.3) is 0 Å². The Morgan fingerprint density at radius 1 is 1.37 bits per heavy atom. The third-order valence-electron chi connectivity index (χ3n) is 4.91. The molecule has 0 radical (unpaired) electrons. The average Bonchev–Trinajstić information content (AvgIpc) is 2.70. The van der Waals surface area contributed by atoms with E-state index >= 15 is 0 Å². The van der Waals surface area contributed by atoms with Crippen LogP contribution in [0.15, 0.2) is 22.8 Å². The number of ether oxygens (including phenoxy) is 1. The molecule has 0 aromatic carbocycles. The van der Waals surface area contributed by atoms with Gasteiger partial charge in [0.25, 0.3) is 0 Å². The molecule has 1 fully saturated rings. The Labute approximate surface area is 112 Å². The van der Waals surface area contributed by atoms with Gasteiger partial charge in [0, 0.05) is 11.5 Å². The molecular formula is C15H18O4. The molecule has 1 N–H and O–H groups in total. The average molecular weight is 262 g/mol. The van der Waals surface area contributed by atoms with Gasteiger partial charge in [-0.2, -0.15) is 0 Å². The zero-order valence-corrected chi connectivity index (χ0v) is 11.4. The maximum atomic E-state index is 12.1. The summed E-state index contributed by atoms with van der Waals surface area (Å²) < 4.78 is 5.43. The first-order valence-electron chi connectivity index (χ1n) is 6.73. The van der Waals surface area contributed by atoms with E-state index in [1.54, 1.807) is 6.92 Å². The van der Waals surface area contributed by atoms with Gasteiger partial charge in [-0.3, -0.25) is 9.59 Å². The number of aliphatic hydroxyl groups is 1. The first kappa shape index (κ1) is 12.6. The SMILES string of the molecule is CC1=CC(=O)C2=C(C)CC[C@H]3[C@H](C)C(=O)O[C@H]3[C@@]12O. The molecule has 4 heteroatoms.